The monoisotopic (exact) mass is 244 g/mol. The van der Waals surface area contributed by atoms with Crippen molar-refractivity contribution in [1.29, 1.82) is 0 Å². The number of thioether (sulfide) groups is 1. The molecule has 16 heavy (non-hydrogen) atoms. The van der Waals surface area contributed by atoms with Crippen molar-refractivity contribution in [2.24, 2.45) is 5.92 Å². The molecule has 1 saturated carbocycles. The zero-order valence-electron chi connectivity index (χ0n) is 11.5. The lowest BCUT2D eigenvalue weighted by Gasteiger charge is -2.45. The van der Waals surface area contributed by atoms with E-state index in [1.807, 2.05) is 11.8 Å². The minimum Gasteiger partial charge on any atom is -0.314 e. The van der Waals surface area contributed by atoms with Crippen molar-refractivity contribution in [2.75, 3.05) is 25.6 Å². The molecule has 3 atom stereocenters. The van der Waals surface area contributed by atoms with E-state index in [-0.39, 0.29) is 0 Å². The lowest BCUT2D eigenvalue weighted by molar-refractivity contribution is 0.0612. The first-order valence-electron chi connectivity index (χ1n) is 6.50. The van der Waals surface area contributed by atoms with Crippen LogP contribution in [0.15, 0.2) is 0 Å². The van der Waals surface area contributed by atoms with Gasteiger partial charge in [0, 0.05) is 23.9 Å². The first-order valence-corrected chi connectivity index (χ1v) is 7.89. The van der Waals surface area contributed by atoms with Crippen molar-refractivity contribution in [3.8, 4) is 0 Å². The molecule has 0 aromatic rings. The summed E-state index contributed by atoms with van der Waals surface area (Å²) in [6.45, 7) is 8.00. The van der Waals surface area contributed by atoms with Gasteiger partial charge in [0.25, 0.3) is 0 Å². The average molecular weight is 244 g/mol. The SMILES string of the molecule is CSCC(C)N(C)C1CCC1CNC(C)C. The third-order valence-electron chi connectivity index (χ3n) is 3.79. The predicted octanol–water partition coefficient (Wildman–Crippen LogP) is 2.45. The van der Waals surface area contributed by atoms with E-state index in [0.29, 0.717) is 12.1 Å². The first kappa shape index (κ1) is 14.3. The average Bonchev–Trinajstić information content (AvgIpc) is 2.16. The number of hydrogen-bond acceptors (Lipinski definition) is 3. The highest BCUT2D eigenvalue weighted by Crippen LogP contribution is 2.32. The van der Waals surface area contributed by atoms with Gasteiger partial charge in [0.15, 0.2) is 0 Å². The third kappa shape index (κ3) is 3.94. The molecule has 1 N–H and O–H groups in total. The summed E-state index contributed by atoms with van der Waals surface area (Å²) in [5, 5.41) is 3.57. The topological polar surface area (TPSA) is 15.3 Å². The van der Waals surface area contributed by atoms with Crippen LogP contribution in [-0.4, -0.2) is 48.6 Å². The normalized spacial score (nSPS) is 27.2. The van der Waals surface area contributed by atoms with E-state index >= 15 is 0 Å². The van der Waals surface area contributed by atoms with Gasteiger partial charge in [0.1, 0.15) is 0 Å². The molecule has 0 heterocycles. The van der Waals surface area contributed by atoms with Gasteiger partial charge >= 0.3 is 0 Å². The van der Waals surface area contributed by atoms with E-state index in [9.17, 15) is 0 Å². The van der Waals surface area contributed by atoms with Crippen molar-refractivity contribution in [3.05, 3.63) is 0 Å². The van der Waals surface area contributed by atoms with Gasteiger partial charge in [-0.25, -0.2) is 0 Å². The van der Waals surface area contributed by atoms with Gasteiger partial charge in [-0.15, -0.1) is 0 Å². The largest absolute Gasteiger partial charge is 0.314 e. The van der Waals surface area contributed by atoms with Gasteiger partial charge in [0.2, 0.25) is 0 Å². The highest BCUT2D eigenvalue weighted by atomic mass is 32.2. The molecule has 1 fully saturated rings. The van der Waals surface area contributed by atoms with Gasteiger partial charge in [-0.1, -0.05) is 13.8 Å². The molecular weight excluding hydrogens is 216 g/mol. The summed E-state index contributed by atoms with van der Waals surface area (Å²) in [6.07, 6.45) is 4.99. The maximum atomic E-state index is 3.57. The second-order valence-corrected chi connectivity index (χ2v) is 6.35. The molecule has 0 amide bonds. The summed E-state index contributed by atoms with van der Waals surface area (Å²) >= 11 is 1.95. The smallest absolute Gasteiger partial charge is 0.0157 e. The van der Waals surface area contributed by atoms with E-state index in [2.05, 4.69) is 44.3 Å². The molecule has 0 spiro atoms. The van der Waals surface area contributed by atoms with E-state index in [1.54, 1.807) is 0 Å². The number of nitrogens with one attached hydrogen (secondary N) is 1. The minimum absolute atomic E-state index is 0.621. The molecular formula is C13H28N2S. The number of rotatable bonds is 7. The van der Waals surface area contributed by atoms with Gasteiger partial charge in [0.05, 0.1) is 0 Å². The molecule has 1 aliphatic rings. The molecule has 1 rings (SSSR count). The molecule has 0 aromatic carbocycles. The standard InChI is InChI=1S/C13H28N2S/c1-10(2)14-8-12-6-7-13(12)15(4)11(3)9-16-5/h10-14H,6-9H2,1-5H3. The van der Waals surface area contributed by atoms with Crippen LogP contribution in [-0.2, 0) is 0 Å². The highest BCUT2D eigenvalue weighted by molar-refractivity contribution is 7.98. The molecule has 0 bridgehead atoms. The Bertz CT molecular complexity index is 196. The second-order valence-electron chi connectivity index (χ2n) is 5.44. The molecule has 3 unspecified atom stereocenters. The lowest BCUT2D eigenvalue weighted by atomic mass is 9.78. The zero-order valence-corrected chi connectivity index (χ0v) is 12.3. The lowest BCUT2D eigenvalue weighted by Crippen LogP contribution is -2.52. The maximum absolute atomic E-state index is 3.57. The number of nitrogens with zero attached hydrogens (tertiary/aromatic N) is 1. The van der Waals surface area contributed by atoms with Gasteiger partial charge in [-0.05, 0) is 45.5 Å². The summed E-state index contributed by atoms with van der Waals surface area (Å²) < 4.78 is 0. The Kier molecular flexibility index (Phi) is 6.16. The van der Waals surface area contributed by atoms with Crippen LogP contribution in [0, 0.1) is 5.92 Å². The summed E-state index contributed by atoms with van der Waals surface area (Å²) in [6, 6.07) is 2.14. The van der Waals surface area contributed by atoms with Crippen LogP contribution in [0.4, 0.5) is 0 Å². The predicted molar refractivity (Wildman–Crippen MR) is 75.3 cm³/mol. The fourth-order valence-corrected chi connectivity index (χ4v) is 3.12. The van der Waals surface area contributed by atoms with Gasteiger partial charge in [-0.2, -0.15) is 11.8 Å². The van der Waals surface area contributed by atoms with Crippen LogP contribution in [0.3, 0.4) is 0 Å². The van der Waals surface area contributed by atoms with Crippen molar-refractivity contribution in [2.45, 2.75) is 51.7 Å². The Morgan fingerprint density at radius 1 is 1.31 bits per heavy atom. The molecule has 2 nitrogen and oxygen atoms in total. The summed E-state index contributed by atoms with van der Waals surface area (Å²) in [4.78, 5) is 2.59. The fourth-order valence-electron chi connectivity index (χ4n) is 2.40. The summed E-state index contributed by atoms with van der Waals surface area (Å²) in [7, 11) is 2.30. The zero-order chi connectivity index (χ0) is 12.1. The Balaban J connectivity index is 2.30. The van der Waals surface area contributed by atoms with E-state index in [4.69, 9.17) is 0 Å². The van der Waals surface area contributed by atoms with Gasteiger partial charge in [-0.3, -0.25) is 4.90 Å². The minimum atomic E-state index is 0.621. The fraction of sp³-hybridized carbons (Fsp3) is 1.00. The Labute approximate surface area is 106 Å². The van der Waals surface area contributed by atoms with Gasteiger partial charge < -0.3 is 5.32 Å². The van der Waals surface area contributed by atoms with Crippen LogP contribution in [0.2, 0.25) is 0 Å². The van der Waals surface area contributed by atoms with Crippen molar-refractivity contribution >= 4 is 11.8 Å². The van der Waals surface area contributed by atoms with Crippen molar-refractivity contribution in [1.82, 2.24) is 10.2 Å². The molecule has 3 heteroatoms. The highest BCUT2D eigenvalue weighted by Gasteiger charge is 2.35. The third-order valence-corrected chi connectivity index (χ3v) is 4.61. The number of hydrogen-bond donors (Lipinski definition) is 1. The van der Waals surface area contributed by atoms with E-state index < -0.39 is 0 Å². The van der Waals surface area contributed by atoms with Crippen LogP contribution in [0.5, 0.6) is 0 Å². The Morgan fingerprint density at radius 3 is 2.44 bits per heavy atom. The molecule has 0 radical (unpaired) electrons. The first-order chi connectivity index (χ1) is 7.56. The Morgan fingerprint density at radius 2 is 2.00 bits per heavy atom. The molecule has 1 aliphatic carbocycles. The molecule has 0 aromatic heterocycles. The maximum Gasteiger partial charge on any atom is 0.0157 e. The van der Waals surface area contributed by atoms with Crippen molar-refractivity contribution in [3.63, 3.8) is 0 Å². The summed E-state index contributed by atoms with van der Waals surface area (Å²) in [5.74, 6) is 2.12. The summed E-state index contributed by atoms with van der Waals surface area (Å²) in [5.41, 5.74) is 0. The molecule has 0 aliphatic heterocycles. The van der Waals surface area contributed by atoms with Crippen LogP contribution < -0.4 is 5.32 Å². The van der Waals surface area contributed by atoms with Crippen molar-refractivity contribution < 1.29 is 0 Å². The van der Waals surface area contributed by atoms with E-state index in [1.165, 1.54) is 25.1 Å². The van der Waals surface area contributed by atoms with E-state index in [0.717, 1.165) is 12.0 Å². The van der Waals surface area contributed by atoms with Crippen LogP contribution in [0.25, 0.3) is 0 Å². The van der Waals surface area contributed by atoms with Crippen LogP contribution in [0.1, 0.15) is 33.6 Å². The van der Waals surface area contributed by atoms with Crippen LogP contribution >= 0.6 is 11.8 Å². The molecule has 0 saturated heterocycles. The quantitative estimate of drug-likeness (QED) is 0.740. The second kappa shape index (κ2) is 6.87. The molecule has 96 valence electrons. The Hall–Kier alpha value is 0.270.